The molecular formula is C21H26ClN5O3. The molecule has 1 aromatic heterocycles. The molecule has 160 valence electrons. The lowest BCUT2D eigenvalue weighted by molar-refractivity contribution is -0.131. The van der Waals surface area contributed by atoms with E-state index in [0.29, 0.717) is 50.7 Å². The Balaban J connectivity index is 1.39. The quantitative estimate of drug-likeness (QED) is 0.412. The number of halogens is 1. The van der Waals surface area contributed by atoms with E-state index in [1.165, 1.54) is 6.26 Å². The van der Waals surface area contributed by atoms with E-state index in [4.69, 9.17) is 16.0 Å². The number of furan rings is 1. The zero-order valence-electron chi connectivity index (χ0n) is 16.9. The maximum Gasteiger partial charge on any atom is 0.287 e. The van der Waals surface area contributed by atoms with Gasteiger partial charge in [-0.25, -0.2) is 0 Å². The second kappa shape index (κ2) is 10.7. The second-order valence-electron chi connectivity index (χ2n) is 6.88. The fraction of sp³-hybridized carbons (Fsp3) is 0.381. The van der Waals surface area contributed by atoms with Crippen LogP contribution in [0.1, 0.15) is 16.1 Å². The van der Waals surface area contributed by atoms with Gasteiger partial charge in [0, 0.05) is 51.3 Å². The van der Waals surface area contributed by atoms with E-state index in [2.05, 4.69) is 20.5 Å². The molecular weight excluding hydrogens is 406 g/mol. The molecule has 1 fully saturated rings. The van der Waals surface area contributed by atoms with Crippen molar-refractivity contribution in [1.82, 2.24) is 20.4 Å². The van der Waals surface area contributed by atoms with Gasteiger partial charge in [-0.2, -0.15) is 0 Å². The first kappa shape index (κ1) is 21.7. The summed E-state index contributed by atoms with van der Waals surface area (Å²) in [5.41, 5.74) is 0.920. The van der Waals surface area contributed by atoms with Crippen molar-refractivity contribution in [2.45, 2.75) is 6.42 Å². The smallest absolute Gasteiger partial charge is 0.287 e. The van der Waals surface area contributed by atoms with Gasteiger partial charge in [0.25, 0.3) is 5.91 Å². The first-order valence-electron chi connectivity index (χ1n) is 9.86. The highest BCUT2D eigenvalue weighted by Crippen LogP contribution is 2.13. The van der Waals surface area contributed by atoms with Crippen molar-refractivity contribution >= 4 is 29.4 Å². The third-order valence-corrected chi connectivity index (χ3v) is 5.06. The van der Waals surface area contributed by atoms with Gasteiger partial charge in [0.15, 0.2) is 11.7 Å². The van der Waals surface area contributed by atoms with Crippen molar-refractivity contribution in [3.05, 3.63) is 59.0 Å². The minimum Gasteiger partial charge on any atom is -0.459 e. The molecule has 0 radical (unpaired) electrons. The van der Waals surface area contributed by atoms with E-state index in [1.807, 2.05) is 23.1 Å². The van der Waals surface area contributed by atoms with Crippen LogP contribution in [0.2, 0.25) is 5.02 Å². The van der Waals surface area contributed by atoms with Crippen LogP contribution in [0.15, 0.2) is 52.1 Å². The van der Waals surface area contributed by atoms with Gasteiger partial charge < -0.3 is 24.9 Å². The molecule has 8 nitrogen and oxygen atoms in total. The van der Waals surface area contributed by atoms with Gasteiger partial charge in [-0.05, 0) is 29.8 Å². The average Bonchev–Trinajstić information content (AvgIpc) is 3.29. The zero-order chi connectivity index (χ0) is 21.3. The van der Waals surface area contributed by atoms with E-state index in [9.17, 15) is 9.59 Å². The normalized spacial score (nSPS) is 14.5. The Morgan fingerprint density at radius 1 is 1.07 bits per heavy atom. The van der Waals surface area contributed by atoms with E-state index in [-0.39, 0.29) is 17.6 Å². The van der Waals surface area contributed by atoms with Crippen LogP contribution in [0, 0.1) is 0 Å². The number of carbonyl (C=O) groups is 2. The molecule has 9 heteroatoms. The third kappa shape index (κ3) is 6.00. The number of carbonyl (C=O) groups excluding carboxylic acids is 2. The molecule has 1 aromatic carbocycles. The number of hydrogen-bond acceptors (Lipinski definition) is 4. The number of benzene rings is 1. The number of piperazine rings is 1. The fourth-order valence-corrected chi connectivity index (χ4v) is 3.49. The number of aliphatic imine (C=N–C) groups is 1. The molecule has 0 atom stereocenters. The topological polar surface area (TPSA) is 90.2 Å². The van der Waals surface area contributed by atoms with Gasteiger partial charge in [0.05, 0.1) is 12.7 Å². The highest BCUT2D eigenvalue weighted by atomic mass is 35.5. The van der Waals surface area contributed by atoms with Crippen LogP contribution in [-0.2, 0) is 11.2 Å². The minimum atomic E-state index is -0.247. The summed E-state index contributed by atoms with van der Waals surface area (Å²) < 4.78 is 5.06. The van der Waals surface area contributed by atoms with E-state index in [0.717, 1.165) is 11.5 Å². The van der Waals surface area contributed by atoms with Crippen LogP contribution in [0.5, 0.6) is 0 Å². The van der Waals surface area contributed by atoms with Gasteiger partial charge in [-0.15, -0.1) is 0 Å². The lowest BCUT2D eigenvalue weighted by Gasteiger charge is -2.36. The highest BCUT2D eigenvalue weighted by molar-refractivity contribution is 6.30. The molecule has 1 saturated heterocycles. The van der Waals surface area contributed by atoms with Crippen molar-refractivity contribution in [3.63, 3.8) is 0 Å². The Bertz CT molecular complexity index is 877. The summed E-state index contributed by atoms with van der Waals surface area (Å²) >= 11 is 6.00. The molecule has 1 aliphatic rings. The first-order valence-corrected chi connectivity index (χ1v) is 10.2. The lowest BCUT2D eigenvalue weighted by Crippen LogP contribution is -2.54. The first-order chi connectivity index (χ1) is 14.6. The van der Waals surface area contributed by atoms with Gasteiger partial charge in [-0.3, -0.25) is 14.6 Å². The monoisotopic (exact) mass is 431 g/mol. The number of amides is 2. The van der Waals surface area contributed by atoms with Gasteiger partial charge in [0.1, 0.15) is 0 Å². The highest BCUT2D eigenvalue weighted by Gasteiger charge is 2.23. The predicted octanol–water partition coefficient (Wildman–Crippen LogP) is 1.63. The van der Waals surface area contributed by atoms with E-state index in [1.54, 1.807) is 25.2 Å². The minimum absolute atomic E-state index is 0.0977. The summed E-state index contributed by atoms with van der Waals surface area (Å²) in [6.45, 7) is 3.63. The number of guanidine groups is 1. The molecule has 0 aliphatic carbocycles. The molecule has 2 N–H and O–H groups in total. The molecule has 0 spiro atoms. The fourth-order valence-electron chi connectivity index (χ4n) is 3.28. The van der Waals surface area contributed by atoms with E-state index >= 15 is 0 Å². The Labute approximate surface area is 180 Å². The molecule has 0 saturated carbocycles. The molecule has 0 unspecified atom stereocenters. The maximum atomic E-state index is 12.6. The van der Waals surface area contributed by atoms with E-state index < -0.39 is 0 Å². The van der Waals surface area contributed by atoms with Crippen LogP contribution >= 0.6 is 11.6 Å². The largest absolute Gasteiger partial charge is 0.459 e. The summed E-state index contributed by atoms with van der Waals surface area (Å²) in [6.07, 6.45) is 1.82. The standard InChI is InChI=1S/C21H26ClN5O3/c1-23-21(25-8-7-24-20(29)18-6-3-13-30-18)27-11-9-26(10-12-27)19(28)15-16-4-2-5-17(22)14-16/h2-6,13-14H,7-12,15H2,1H3,(H,23,25)(H,24,29). The number of rotatable bonds is 6. The van der Waals surface area contributed by atoms with Gasteiger partial charge >= 0.3 is 0 Å². The number of nitrogens with one attached hydrogen (secondary N) is 2. The molecule has 2 aromatic rings. The molecule has 30 heavy (non-hydrogen) atoms. The summed E-state index contributed by atoms with van der Waals surface area (Å²) in [6, 6.07) is 10.7. The van der Waals surface area contributed by atoms with Crippen molar-refractivity contribution in [2.24, 2.45) is 4.99 Å². The predicted molar refractivity (Wildman–Crippen MR) is 116 cm³/mol. The number of nitrogens with zero attached hydrogens (tertiary/aromatic N) is 3. The summed E-state index contributed by atoms with van der Waals surface area (Å²) in [4.78, 5) is 32.7. The average molecular weight is 432 g/mol. The Kier molecular flexibility index (Phi) is 7.73. The zero-order valence-corrected chi connectivity index (χ0v) is 17.7. The Morgan fingerprint density at radius 2 is 1.80 bits per heavy atom. The SMILES string of the molecule is CN=C(NCCNC(=O)c1ccco1)N1CCN(C(=O)Cc2cccc(Cl)c2)CC1. The van der Waals surface area contributed by atoms with Crippen LogP contribution in [0.25, 0.3) is 0 Å². The Morgan fingerprint density at radius 3 is 2.47 bits per heavy atom. The lowest BCUT2D eigenvalue weighted by atomic mass is 10.1. The summed E-state index contributed by atoms with van der Waals surface area (Å²) in [5.74, 6) is 0.895. The molecule has 2 heterocycles. The van der Waals surface area contributed by atoms with Crippen molar-refractivity contribution in [1.29, 1.82) is 0 Å². The number of hydrogen-bond donors (Lipinski definition) is 2. The van der Waals surface area contributed by atoms with Crippen molar-refractivity contribution in [3.8, 4) is 0 Å². The molecule has 2 amide bonds. The van der Waals surface area contributed by atoms with Crippen LogP contribution in [0.4, 0.5) is 0 Å². The summed E-state index contributed by atoms with van der Waals surface area (Å²) in [7, 11) is 1.72. The molecule has 0 bridgehead atoms. The molecule has 1 aliphatic heterocycles. The third-order valence-electron chi connectivity index (χ3n) is 4.83. The van der Waals surface area contributed by atoms with Crippen LogP contribution in [-0.4, -0.2) is 73.9 Å². The van der Waals surface area contributed by atoms with Crippen molar-refractivity contribution in [2.75, 3.05) is 46.3 Å². The van der Waals surface area contributed by atoms with Crippen LogP contribution in [0.3, 0.4) is 0 Å². The van der Waals surface area contributed by atoms with Gasteiger partial charge in [0.2, 0.25) is 5.91 Å². The molecule has 3 rings (SSSR count). The summed E-state index contributed by atoms with van der Waals surface area (Å²) in [5, 5.41) is 6.67. The van der Waals surface area contributed by atoms with Crippen LogP contribution < -0.4 is 10.6 Å². The van der Waals surface area contributed by atoms with Crippen molar-refractivity contribution < 1.29 is 14.0 Å². The second-order valence-corrected chi connectivity index (χ2v) is 7.32. The maximum absolute atomic E-state index is 12.6. The Hall–Kier alpha value is -3.00. The van der Waals surface area contributed by atoms with Gasteiger partial charge in [-0.1, -0.05) is 23.7 Å².